The lowest BCUT2D eigenvalue weighted by molar-refractivity contribution is 0.108. The summed E-state index contributed by atoms with van der Waals surface area (Å²) in [5.41, 5.74) is 6.23. The van der Waals surface area contributed by atoms with E-state index in [2.05, 4.69) is 4.98 Å². The summed E-state index contributed by atoms with van der Waals surface area (Å²) in [6.45, 7) is 0. The Kier molecular flexibility index (Phi) is 3.33. The number of benzene rings is 1. The molecular weight excluding hydrogens is 264 g/mol. The standard InChI is InChI=1S/C14H17F2N3O/c15-8-6-7-9-13(12(8)16)19(14(17)18-9)10-4-2-1-3-5-11(10)20/h6-7,10-11,20H,1-5H2,(H2,17,18). The van der Waals surface area contributed by atoms with Gasteiger partial charge in [-0.05, 0) is 25.0 Å². The van der Waals surface area contributed by atoms with Gasteiger partial charge in [0.25, 0.3) is 0 Å². The number of imidazole rings is 1. The van der Waals surface area contributed by atoms with Gasteiger partial charge in [0.15, 0.2) is 11.6 Å². The van der Waals surface area contributed by atoms with Gasteiger partial charge in [-0.1, -0.05) is 19.3 Å². The van der Waals surface area contributed by atoms with Crippen LogP contribution in [0.15, 0.2) is 12.1 Å². The minimum atomic E-state index is -0.955. The predicted molar refractivity (Wildman–Crippen MR) is 72.2 cm³/mol. The van der Waals surface area contributed by atoms with Crippen LogP contribution in [0.3, 0.4) is 0 Å². The molecule has 3 rings (SSSR count). The zero-order chi connectivity index (χ0) is 14.3. The zero-order valence-electron chi connectivity index (χ0n) is 11.0. The molecule has 2 unspecified atom stereocenters. The van der Waals surface area contributed by atoms with Gasteiger partial charge < -0.3 is 15.4 Å². The molecule has 2 atom stereocenters. The molecule has 1 fully saturated rings. The fourth-order valence-corrected chi connectivity index (χ4v) is 3.05. The first-order chi connectivity index (χ1) is 9.59. The molecular formula is C14H17F2N3O. The van der Waals surface area contributed by atoms with Gasteiger partial charge in [-0.25, -0.2) is 13.8 Å². The molecule has 1 aromatic carbocycles. The Morgan fingerprint density at radius 2 is 1.95 bits per heavy atom. The molecule has 2 aromatic rings. The summed E-state index contributed by atoms with van der Waals surface area (Å²) < 4.78 is 29.0. The maximum atomic E-state index is 14.1. The van der Waals surface area contributed by atoms with Crippen LogP contribution in [0, 0.1) is 11.6 Å². The summed E-state index contributed by atoms with van der Waals surface area (Å²) in [6.07, 6.45) is 3.60. The summed E-state index contributed by atoms with van der Waals surface area (Å²) in [4.78, 5) is 4.08. The Morgan fingerprint density at radius 3 is 2.75 bits per heavy atom. The molecule has 1 heterocycles. The highest BCUT2D eigenvalue weighted by Gasteiger charge is 2.28. The van der Waals surface area contributed by atoms with E-state index in [4.69, 9.17) is 5.73 Å². The molecule has 0 bridgehead atoms. The molecule has 1 saturated carbocycles. The van der Waals surface area contributed by atoms with Gasteiger partial charge in [-0.2, -0.15) is 0 Å². The lowest BCUT2D eigenvalue weighted by Gasteiger charge is -2.23. The van der Waals surface area contributed by atoms with Gasteiger partial charge in [0.2, 0.25) is 5.95 Å². The number of aromatic nitrogens is 2. The number of nitrogens with zero attached hydrogens (tertiary/aromatic N) is 2. The van der Waals surface area contributed by atoms with E-state index >= 15 is 0 Å². The van der Waals surface area contributed by atoms with Crippen molar-refractivity contribution in [2.75, 3.05) is 5.73 Å². The second kappa shape index (κ2) is 5.01. The van der Waals surface area contributed by atoms with E-state index in [9.17, 15) is 13.9 Å². The molecule has 1 aromatic heterocycles. The van der Waals surface area contributed by atoms with Crippen molar-refractivity contribution in [1.82, 2.24) is 9.55 Å². The lowest BCUT2D eigenvalue weighted by atomic mass is 10.1. The van der Waals surface area contributed by atoms with Crippen molar-refractivity contribution in [1.29, 1.82) is 0 Å². The Bertz CT molecular complexity index is 641. The minimum absolute atomic E-state index is 0.0495. The highest BCUT2D eigenvalue weighted by molar-refractivity contribution is 5.79. The van der Waals surface area contributed by atoms with Gasteiger partial charge in [0, 0.05) is 0 Å². The molecule has 20 heavy (non-hydrogen) atoms. The second-order valence-electron chi connectivity index (χ2n) is 5.34. The van der Waals surface area contributed by atoms with Crippen LogP contribution < -0.4 is 5.73 Å². The first-order valence-corrected chi connectivity index (χ1v) is 6.89. The molecule has 0 radical (unpaired) electrons. The number of hydrogen-bond donors (Lipinski definition) is 2. The van der Waals surface area contributed by atoms with Crippen LogP contribution in [0.4, 0.5) is 14.7 Å². The summed E-state index contributed by atoms with van der Waals surface area (Å²) in [5.74, 6) is -1.76. The average Bonchev–Trinajstić information content (AvgIpc) is 2.60. The summed E-state index contributed by atoms with van der Waals surface area (Å²) in [6, 6.07) is 2.10. The minimum Gasteiger partial charge on any atom is -0.391 e. The monoisotopic (exact) mass is 281 g/mol. The maximum absolute atomic E-state index is 14.1. The third-order valence-corrected chi connectivity index (χ3v) is 4.05. The largest absolute Gasteiger partial charge is 0.391 e. The molecule has 0 saturated heterocycles. The molecule has 0 spiro atoms. The molecule has 1 aliphatic carbocycles. The Balaban J connectivity index is 2.19. The van der Waals surface area contributed by atoms with Crippen LogP contribution >= 0.6 is 0 Å². The van der Waals surface area contributed by atoms with Crippen LogP contribution in [-0.2, 0) is 0 Å². The number of rotatable bonds is 1. The van der Waals surface area contributed by atoms with Gasteiger partial charge in [0.1, 0.15) is 5.52 Å². The van der Waals surface area contributed by atoms with Crippen LogP contribution in [0.5, 0.6) is 0 Å². The van der Waals surface area contributed by atoms with Crippen LogP contribution in [0.2, 0.25) is 0 Å². The predicted octanol–water partition coefficient (Wildman–Crippen LogP) is 2.76. The summed E-state index contributed by atoms with van der Waals surface area (Å²) >= 11 is 0. The van der Waals surface area contributed by atoms with Crippen LogP contribution in [-0.4, -0.2) is 20.8 Å². The van der Waals surface area contributed by atoms with Gasteiger partial charge in [0.05, 0.1) is 17.7 Å². The van der Waals surface area contributed by atoms with Gasteiger partial charge in [-0.3, -0.25) is 0 Å². The number of nitrogens with two attached hydrogens (primary N) is 1. The number of anilines is 1. The van der Waals surface area contributed by atoms with E-state index in [1.165, 1.54) is 10.6 Å². The molecule has 0 aliphatic heterocycles. The van der Waals surface area contributed by atoms with E-state index in [0.717, 1.165) is 25.3 Å². The van der Waals surface area contributed by atoms with Crippen molar-refractivity contribution in [3.63, 3.8) is 0 Å². The Morgan fingerprint density at radius 1 is 1.20 bits per heavy atom. The highest BCUT2D eigenvalue weighted by atomic mass is 19.2. The van der Waals surface area contributed by atoms with E-state index in [0.29, 0.717) is 18.4 Å². The molecule has 0 amide bonds. The topological polar surface area (TPSA) is 64.1 Å². The Hall–Kier alpha value is -1.69. The number of aliphatic hydroxyl groups is 1. The molecule has 6 heteroatoms. The van der Waals surface area contributed by atoms with E-state index in [-0.39, 0.29) is 17.5 Å². The van der Waals surface area contributed by atoms with Crippen molar-refractivity contribution < 1.29 is 13.9 Å². The van der Waals surface area contributed by atoms with E-state index < -0.39 is 17.7 Å². The lowest BCUT2D eigenvalue weighted by Crippen LogP contribution is -2.24. The smallest absolute Gasteiger partial charge is 0.201 e. The molecule has 1 aliphatic rings. The van der Waals surface area contributed by atoms with Crippen LogP contribution in [0.1, 0.15) is 38.1 Å². The normalized spacial score (nSPS) is 23.9. The third-order valence-electron chi connectivity index (χ3n) is 4.05. The summed E-state index contributed by atoms with van der Waals surface area (Å²) in [5, 5.41) is 10.2. The average molecular weight is 281 g/mol. The SMILES string of the molecule is Nc1nc2ccc(F)c(F)c2n1C1CCCCCC1O. The van der Waals surface area contributed by atoms with Gasteiger partial charge >= 0.3 is 0 Å². The number of halogens is 2. The first-order valence-electron chi connectivity index (χ1n) is 6.89. The fraction of sp³-hybridized carbons (Fsp3) is 0.500. The van der Waals surface area contributed by atoms with E-state index in [1.54, 1.807) is 0 Å². The Labute approximate surface area is 115 Å². The van der Waals surface area contributed by atoms with Crippen molar-refractivity contribution in [3.05, 3.63) is 23.8 Å². The highest BCUT2D eigenvalue weighted by Crippen LogP contribution is 2.34. The zero-order valence-corrected chi connectivity index (χ0v) is 11.0. The van der Waals surface area contributed by atoms with E-state index in [1.807, 2.05) is 0 Å². The van der Waals surface area contributed by atoms with Crippen molar-refractivity contribution in [2.24, 2.45) is 0 Å². The maximum Gasteiger partial charge on any atom is 0.201 e. The molecule has 108 valence electrons. The number of fused-ring (bicyclic) bond motifs is 1. The number of nitrogen functional groups attached to an aromatic ring is 1. The first kappa shape index (κ1) is 13.3. The quantitative estimate of drug-likeness (QED) is 0.790. The van der Waals surface area contributed by atoms with Crippen molar-refractivity contribution >= 4 is 17.0 Å². The third kappa shape index (κ3) is 2.04. The van der Waals surface area contributed by atoms with Crippen molar-refractivity contribution in [3.8, 4) is 0 Å². The van der Waals surface area contributed by atoms with Gasteiger partial charge in [-0.15, -0.1) is 0 Å². The fourth-order valence-electron chi connectivity index (χ4n) is 3.05. The number of hydrogen-bond acceptors (Lipinski definition) is 3. The molecule has 4 nitrogen and oxygen atoms in total. The van der Waals surface area contributed by atoms with Crippen LogP contribution in [0.25, 0.3) is 11.0 Å². The van der Waals surface area contributed by atoms with Crippen molar-refractivity contribution in [2.45, 2.75) is 44.2 Å². The summed E-state index contributed by atoms with van der Waals surface area (Å²) in [7, 11) is 0. The second-order valence-corrected chi connectivity index (χ2v) is 5.34. The molecule has 3 N–H and O–H groups in total. The number of aliphatic hydroxyl groups excluding tert-OH is 1.